The summed E-state index contributed by atoms with van der Waals surface area (Å²) in [6.07, 6.45) is 3.36. The third kappa shape index (κ3) is 2.43. The zero-order valence-corrected chi connectivity index (χ0v) is 14.8. The molecule has 6 nitrogen and oxygen atoms in total. The number of aliphatic hydroxyl groups is 1. The summed E-state index contributed by atoms with van der Waals surface area (Å²) in [6, 6.07) is 7.94. The summed E-state index contributed by atoms with van der Waals surface area (Å²) in [5.74, 6) is -0.398. The number of fused-ring (bicyclic) bond motifs is 3. The van der Waals surface area contributed by atoms with Gasteiger partial charge in [-0.15, -0.1) is 0 Å². The summed E-state index contributed by atoms with van der Waals surface area (Å²) in [7, 11) is 1.66. The predicted molar refractivity (Wildman–Crippen MR) is 93.4 cm³/mol. The van der Waals surface area contributed by atoms with Crippen LogP contribution in [0.5, 0.6) is 5.75 Å². The van der Waals surface area contributed by atoms with E-state index in [0.717, 1.165) is 41.1 Å². The number of nitrogens with zero attached hydrogens (tertiary/aromatic N) is 3. The molecule has 1 aliphatic heterocycles. The highest BCUT2D eigenvalue weighted by Gasteiger charge is 2.55. The van der Waals surface area contributed by atoms with Crippen LogP contribution in [-0.4, -0.2) is 27.7 Å². The lowest BCUT2D eigenvalue weighted by molar-refractivity contribution is -0.229. The second-order valence-electron chi connectivity index (χ2n) is 6.89. The number of hydrogen-bond donors (Lipinski definition) is 1. The lowest BCUT2D eigenvalue weighted by Gasteiger charge is -2.36. The Morgan fingerprint density at radius 1 is 1.36 bits per heavy atom. The van der Waals surface area contributed by atoms with Crippen LogP contribution in [0.2, 0.25) is 0 Å². The number of benzene rings is 1. The zero-order valence-electron chi connectivity index (χ0n) is 14.8. The first-order valence-corrected chi connectivity index (χ1v) is 8.72. The van der Waals surface area contributed by atoms with Crippen LogP contribution >= 0.6 is 0 Å². The summed E-state index contributed by atoms with van der Waals surface area (Å²) >= 11 is 0. The molecule has 25 heavy (non-hydrogen) atoms. The molecule has 0 fully saturated rings. The summed E-state index contributed by atoms with van der Waals surface area (Å²) in [5, 5.41) is 19.8. The first-order valence-electron chi connectivity index (χ1n) is 8.72. The van der Waals surface area contributed by atoms with Crippen molar-refractivity contribution < 1.29 is 14.7 Å². The smallest absolute Gasteiger partial charge is 0.272 e. The van der Waals surface area contributed by atoms with Crippen LogP contribution < -0.4 is 4.74 Å². The molecule has 1 aliphatic carbocycles. The molecular formula is C19H23N3O3. The molecule has 132 valence electrons. The van der Waals surface area contributed by atoms with E-state index >= 15 is 0 Å². The van der Waals surface area contributed by atoms with Crippen LogP contribution in [-0.2, 0) is 23.6 Å². The van der Waals surface area contributed by atoms with Crippen molar-refractivity contribution in [1.82, 2.24) is 9.78 Å². The predicted octanol–water partition coefficient (Wildman–Crippen LogP) is 2.69. The van der Waals surface area contributed by atoms with Gasteiger partial charge in [0.2, 0.25) is 0 Å². The van der Waals surface area contributed by atoms with Gasteiger partial charge in [-0.2, -0.15) is 5.10 Å². The highest BCUT2D eigenvalue weighted by Crippen LogP contribution is 2.48. The van der Waals surface area contributed by atoms with Crippen molar-refractivity contribution in [1.29, 1.82) is 0 Å². The van der Waals surface area contributed by atoms with Gasteiger partial charge in [0.1, 0.15) is 5.75 Å². The number of ether oxygens (including phenoxy) is 1. The number of aromatic nitrogens is 2. The Kier molecular flexibility index (Phi) is 3.80. The summed E-state index contributed by atoms with van der Waals surface area (Å²) in [6.45, 7) is 4.83. The van der Waals surface area contributed by atoms with Gasteiger partial charge in [0.05, 0.1) is 37.0 Å². The molecule has 2 unspecified atom stereocenters. The average Bonchev–Trinajstić information content (AvgIpc) is 3.18. The molecule has 0 saturated carbocycles. The molecule has 4 rings (SSSR count). The Morgan fingerprint density at radius 2 is 2.12 bits per heavy atom. The van der Waals surface area contributed by atoms with Crippen LogP contribution in [0.3, 0.4) is 0 Å². The molecule has 3 atom stereocenters. The van der Waals surface area contributed by atoms with Crippen molar-refractivity contribution in [3.05, 3.63) is 47.3 Å². The largest absolute Gasteiger partial charge is 0.497 e. The van der Waals surface area contributed by atoms with Gasteiger partial charge in [0.15, 0.2) is 0 Å². The van der Waals surface area contributed by atoms with Crippen molar-refractivity contribution in [3.8, 4) is 5.75 Å². The maximum Gasteiger partial charge on any atom is 0.272 e. The SMILES string of the molecule is CCC1=NOC2(O)c3cnn(Cc4ccc(OC)cc4)c3C[C@H](C)C12. The maximum atomic E-state index is 11.2. The van der Waals surface area contributed by atoms with Crippen molar-refractivity contribution >= 4 is 5.71 Å². The van der Waals surface area contributed by atoms with E-state index in [2.05, 4.69) is 17.2 Å². The molecular weight excluding hydrogens is 318 g/mol. The minimum atomic E-state index is -1.38. The quantitative estimate of drug-likeness (QED) is 0.928. The second kappa shape index (κ2) is 5.88. The lowest BCUT2D eigenvalue weighted by atomic mass is 9.72. The van der Waals surface area contributed by atoms with Crippen LogP contribution in [0.25, 0.3) is 0 Å². The summed E-state index contributed by atoms with van der Waals surface area (Å²) in [5.41, 5.74) is 3.83. The minimum absolute atomic E-state index is 0.0939. The zero-order chi connectivity index (χ0) is 17.6. The van der Waals surface area contributed by atoms with Crippen LogP contribution in [0.15, 0.2) is 35.6 Å². The van der Waals surface area contributed by atoms with Crippen molar-refractivity contribution in [2.75, 3.05) is 7.11 Å². The molecule has 2 aliphatic rings. The number of hydrogen-bond acceptors (Lipinski definition) is 5. The molecule has 6 heteroatoms. The third-order valence-corrected chi connectivity index (χ3v) is 5.36. The van der Waals surface area contributed by atoms with E-state index in [9.17, 15) is 5.11 Å². The number of rotatable bonds is 4. The highest BCUT2D eigenvalue weighted by molar-refractivity contribution is 5.89. The molecule has 2 heterocycles. The Balaban J connectivity index is 1.66. The van der Waals surface area contributed by atoms with Crippen molar-refractivity contribution in [3.63, 3.8) is 0 Å². The van der Waals surface area contributed by atoms with E-state index in [1.165, 1.54) is 0 Å². The normalized spacial score (nSPS) is 27.3. The fourth-order valence-electron chi connectivity index (χ4n) is 4.07. The van der Waals surface area contributed by atoms with Gasteiger partial charge in [-0.3, -0.25) is 4.68 Å². The Hall–Kier alpha value is -2.34. The second-order valence-corrected chi connectivity index (χ2v) is 6.89. The van der Waals surface area contributed by atoms with Crippen molar-refractivity contribution in [2.45, 2.75) is 39.0 Å². The number of oxime groups is 1. The Morgan fingerprint density at radius 3 is 2.80 bits per heavy atom. The maximum absolute atomic E-state index is 11.2. The molecule has 0 radical (unpaired) electrons. The van der Waals surface area contributed by atoms with E-state index in [1.807, 2.05) is 35.9 Å². The summed E-state index contributed by atoms with van der Waals surface area (Å²) in [4.78, 5) is 5.51. The minimum Gasteiger partial charge on any atom is -0.497 e. The van der Waals surface area contributed by atoms with Gasteiger partial charge in [0.25, 0.3) is 5.79 Å². The molecule has 1 aromatic carbocycles. The molecule has 0 bridgehead atoms. The third-order valence-electron chi connectivity index (χ3n) is 5.36. The first-order chi connectivity index (χ1) is 12.1. The van der Waals surface area contributed by atoms with Gasteiger partial charge in [-0.1, -0.05) is 31.1 Å². The molecule has 1 aromatic heterocycles. The Bertz CT molecular complexity index is 812. The van der Waals surface area contributed by atoms with E-state index in [1.54, 1.807) is 13.3 Å². The fourth-order valence-corrected chi connectivity index (χ4v) is 4.07. The van der Waals surface area contributed by atoms with Crippen LogP contribution in [0.1, 0.15) is 37.1 Å². The van der Waals surface area contributed by atoms with Gasteiger partial charge in [0, 0.05) is 5.69 Å². The standard InChI is InChI=1S/C19H23N3O3/c1-4-16-18-12(2)9-17-15(19(18,23)25-21-16)10-20-22(17)11-13-5-7-14(24-3)8-6-13/h5-8,10,12,18,23H,4,9,11H2,1-3H3/t12-,18?,19?/m0/s1. The average molecular weight is 341 g/mol. The van der Waals surface area contributed by atoms with Gasteiger partial charge < -0.3 is 14.7 Å². The number of methoxy groups -OCH3 is 1. The molecule has 0 saturated heterocycles. The fraction of sp³-hybridized carbons (Fsp3) is 0.474. The lowest BCUT2D eigenvalue weighted by Crippen LogP contribution is -2.44. The van der Waals surface area contributed by atoms with E-state index in [-0.39, 0.29) is 11.8 Å². The molecule has 0 amide bonds. The topological polar surface area (TPSA) is 68.9 Å². The van der Waals surface area contributed by atoms with Crippen LogP contribution in [0, 0.1) is 11.8 Å². The Labute approximate surface area is 147 Å². The highest BCUT2D eigenvalue weighted by atomic mass is 16.7. The van der Waals surface area contributed by atoms with E-state index < -0.39 is 5.79 Å². The molecule has 0 spiro atoms. The van der Waals surface area contributed by atoms with Crippen LogP contribution in [0.4, 0.5) is 0 Å². The van der Waals surface area contributed by atoms with Crippen molar-refractivity contribution in [2.24, 2.45) is 17.0 Å². The monoisotopic (exact) mass is 341 g/mol. The van der Waals surface area contributed by atoms with Gasteiger partial charge in [-0.05, 0) is 36.5 Å². The summed E-state index contributed by atoms with van der Waals surface area (Å²) < 4.78 is 7.16. The van der Waals surface area contributed by atoms with E-state index in [0.29, 0.717) is 6.54 Å². The van der Waals surface area contributed by atoms with E-state index in [4.69, 9.17) is 9.57 Å². The molecule has 1 N–H and O–H groups in total. The molecule has 2 aromatic rings. The van der Waals surface area contributed by atoms with Gasteiger partial charge >= 0.3 is 0 Å². The van der Waals surface area contributed by atoms with Gasteiger partial charge in [-0.25, -0.2) is 0 Å². The first kappa shape index (κ1) is 16.1.